The third-order valence-corrected chi connectivity index (χ3v) is 3.21. The van der Waals surface area contributed by atoms with Crippen LogP contribution in [-0.2, 0) is 6.54 Å². The summed E-state index contributed by atoms with van der Waals surface area (Å²) in [6.45, 7) is -0.497. The van der Waals surface area contributed by atoms with E-state index >= 15 is 0 Å². The molecule has 0 aliphatic rings. The van der Waals surface area contributed by atoms with Crippen molar-refractivity contribution in [3.63, 3.8) is 0 Å². The van der Waals surface area contributed by atoms with Crippen molar-refractivity contribution in [3.8, 4) is 0 Å². The highest BCUT2D eigenvalue weighted by Gasteiger charge is 2.38. The van der Waals surface area contributed by atoms with Crippen molar-refractivity contribution in [3.05, 3.63) is 59.9 Å². The number of aliphatic hydroxyl groups excluding tert-OH is 1. The molecule has 8 heteroatoms. The summed E-state index contributed by atoms with van der Waals surface area (Å²) in [6, 6.07) is 10.1. The van der Waals surface area contributed by atoms with E-state index in [4.69, 9.17) is 5.11 Å². The first-order valence-electron chi connectivity index (χ1n) is 7.12. The van der Waals surface area contributed by atoms with Gasteiger partial charge in [-0.3, -0.25) is 9.78 Å². The van der Waals surface area contributed by atoms with Gasteiger partial charge in [0.15, 0.2) is 6.10 Å². The van der Waals surface area contributed by atoms with E-state index in [-0.39, 0.29) is 5.56 Å². The fourth-order valence-corrected chi connectivity index (χ4v) is 1.94. The first-order valence-corrected chi connectivity index (χ1v) is 7.12. The topological polar surface area (TPSA) is 74.2 Å². The summed E-state index contributed by atoms with van der Waals surface area (Å²) < 4.78 is 36.8. The molecule has 2 aromatic rings. The van der Waals surface area contributed by atoms with Crippen molar-refractivity contribution in [2.24, 2.45) is 0 Å². The lowest BCUT2D eigenvalue weighted by Crippen LogP contribution is -2.40. The quantitative estimate of drug-likeness (QED) is 0.755. The SMILES string of the molecule is O=C(NC[C@H](O)C(F)(F)F)c1ccccc1NCc1cccnc1. The largest absolute Gasteiger partial charge is 0.416 e. The summed E-state index contributed by atoms with van der Waals surface area (Å²) in [5, 5.41) is 14.1. The van der Waals surface area contributed by atoms with Crippen LogP contribution in [0.4, 0.5) is 18.9 Å². The van der Waals surface area contributed by atoms with Crippen LogP contribution in [0.15, 0.2) is 48.8 Å². The molecular weight excluding hydrogens is 323 g/mol. The molecule has 1 amide bonds. The number of halogens is 3. The second-order valence-electron chi connectivity index (χ2n) is 5.03. The Bertz CT molecular complexity index is 678. The Labute approximate surface area is 136 Å². The minimum atomic E-state index is -4.77. The van der Waals surface area contributed by atoms with Gasteiger partial charge in [-0.2, -0.15) is 13.2 Å². The van der Waals surface area contributed by atoms with Crippen LogP contribution in [0.2, 0.25) is 0 Å². The number of rotatable bonds is 6. The molecule has 24 heavy (non-hydrogen) atoms. The lowest BCUT2D eigenvalue weighted by Gasteiger charge is -2.16. The van der Waals surface area contributed by atoms with Crippen LogP contribution in [0.1, 0.15) is 15.9 Å². The predicted octanol–water partition coefficient (Wildman–Crippen LogP) is 2.35. The van der Waals surface area contributed by atoms with Crippen molar-refractivity contribution in [2.75, 3.05) is 11.9 Å². The maximum atomic E-state index is 12.3. The van der Waals surface area contributed by atoms with Gasteiger partial charge in [-0.25, -0.2) is 0 Å². The molecule has 1 heterocycles. The molecule has 5 nitrogen and oxygen atoms in total. The van der Waals surface area contributed by atoms with Crippen LogP contribution in [0.25, 0.3) is 0 Å². The summed E-state index contributed by atoms with van der Waals surface area (Å²) in [6.07, 6.45) is -4.07. The van der Waals surface area contributed by atoms with Crippen LogP contribution in [0.3, 0.4) is 0 Å². The lowest BCUT2D eigenvalue weighted by atomic mass is 10.1. The fourth-order valence-electron chi connectivity index (χ4n) is 1.94. The van der Waals surface area contributed by atoms with Crippen molar-refractivity contribution in [2.45, 2.75) is 18.8 Å². The van der Waals surface area contributed by atoms with Crippen molar-refractivity contribution < 1.29 is 23.1 Å². The molecule has 1 aromatic carbocycles. The molecular formula is C16H16F3N3O2. The highest BCUT2D eigenvalue weighted by Crippen LogP contribution is 2.20. The van der Waals surface area contributed by atoms with E-state index in [1.165, 1.54) is 6.07 Å². The predicted molar refractivity (Wildman–Crippen MR) is 82.4 cm³/mol. The number of para-hydroxylation sites is 1. The highest BCUT2D eigenvalue weighted by atomic mass is 19.4. The number of anilines is 1. The molecule has 0 unspecified atom stereocenters. The van der Waals surface area contributed by atoms with Gasteiger partial charge in [0, 0.05) is 24.6 Å². The number of nitrogens with one attached hydrogen (secondary N) is 2. The number of aliphatic hydroxyl groups is 1. The minimum absolute atomic E-state index is 0.191. The van der Waals surface area contributed by atoms with Crippen LogP contribution in [-0.4, -0.2) is 34.8 Å². The van der Waals surface area contributed by atoms with Crippen LogP contribution >= 0.6 is 0 Å². The first kappa shape index (κ1) is 17.7. The summed E-state index contributed by atoms with van der Waals surface area (Å²) in [7, 11) is 0. The van der Waals surface area contributed by atoms with Gasteiger partial charge in [0.05, 0.1) is 12.1 Å². The number of carbonyl (C=O) groups is 1. The second-order valence-corrected chi connectivity index (χ2v) is 5.03. The third-order valence-electron chi connectivity index (χ3n) is 3.21. The zero-order valence-corrected chi connectivity index (χ0v) is 12.5. The van der Waals surface area contributed by atoms with Gasteiger partial charge >= 0.3 is 6.18 Å². The Morgan fingerprint density at radius 1 is 1.21 bits per heavy atom. The van der Waals surface area contributed by atoms with E-state index in [1.54, 1.807) is 36.7 Å². The Hall–Kier alpha value is -2.61. The summed E-state index contributed by atoms with van der Waals surface area (Å²) in [5.74, 6) is -0.701. The number of nitrogens with zero attached hydrogens (tertiary/aromatic N) is 1. The second kappa shape index (κ2) is 7.78. The molecule has 3 N–H and O–H groups in total. The van der Waals surface area contributed by atoms with Crippen LogP contribution in [0.5, 0.6) is 0 Å². The fraction of sp³-hybridized carbons (Fsp3) is 0.250. The molecule has 128 valence electrons. The van der Waals surface area contributed by atoms with E-state index in [0.29, 0.717) is 12.2 Å². The average molecular weight is 339 g/mol. The number of hydrogen-bond acceptors (Lipinski definition) is 4. The molecule has 0 saturated carbocycles. The maximum Gasteiger partial charge on any atom is 0.416 e. The van der Waals surface area contributed by atoms with Crippen LogP contribution in [0, 0.1) is 0 Å². The van der Waals surface area contributed by atoms with E-state index in [2.05, 4.69) is 15.6 Å². The molecule has 0 bridgehead atoms. The molecule has 0 aliphatic carbocycles. The van der Waals surface area contributed by atoms with E-state index < -0.39 is 24.7 Å². The number of pyridine rings is 1. The molecule has 1 atom stereocenters. The van der Waals surface area contributed by atoms with E-state index in [0.717, 1.165) is 5.56 Å². The molecule has 0 aliphatic heterocycles. The van der Waals surface area contributed by atoms with Gasteiger partial charge in [-0.05, 0) is 23.8 Å². The Morgan fingerprint density at radius 2 is 1.96 bits per heavy atom. The number of carbonyl (C=O) groups excluding carboxylic acids is 1. The van der Waals surface area contributed by atoms with Gasteiger partial charge < -0.3 is 15.7 Å². The Balaban J connectivity index is 2.01. The number of aromatic nitrogens is 1. The number of hydrogen-bond donors (Lipinski definition) is 3. The van der Waals surface area contributed by atoms with Gasteiger partial charge in [0.2, 0.25) is 0 Å². The number of alkyl halides is 3. The average Bonchev–Trinajstić information content (AvgIpc) is 2.58. The van der Waals surface area contributed by atoms with Crippen molar-refractivity contribution in [1.82, 2.24) is 10.3 Å². The van der Waals surface area contributed by atoms with Gasteiger partial charge in [0.25, 0.3) is 5.91 Å². The van der Waals surface area contributed by atoms with Gasteiger partial charge in [-0.15, -0.1) is 0 Å². The Morgan fingerprint density at radius 3 is 2.62 bits per heavy atom. The summed E-state index contributed by atoms with van der Waals surface area (Å²) >= 11 is 0. The van der Waals surface area contributed by atoms with Crippen molar-refractivity contribution in [1.29, 1.82) is 0 Å². The molecule has 0 spiro atoms. The van der Waals surface area contributed by atoms with Gasteiger partial charge in [0.1, 0.15) is 0 Å². The lowest BCUT2D eigenvalue weighted by molar-refractivity contribution is -0.201. The van der Waals surface area contributed by atoms with Crippen LogP contribution < -0.4 is 10.6 Å². The van der Waals surface area contributed by atoms with Gasteiger partial charge in [-0.1, -0.05) is 18.2 Å². The smallest absolute Gasteiger partial charge is 0.382 e. The standard InChI is InChI=1S/C16H16F3N3O2/c17-16(18,19)14(23)10-22-15(24)12-5-1-2-6-13(12)21-9-11-4-3-7-20-8-11/h1-8,14,21,23H,9-10H2,(H,22,24)/t14-/m0/s1. The monoisotopic (exact) mass is 339 g/mol. The van der Waals surface area contributed by atoms with Crippen molar-refractivity contribution >= 4 is 11.6 Å². The summed E-state index contributed by atoms with van der Waals surface area (Å²) in [4.78, 5) is 16.0. The van der Waals surface area contributed by atoms with E-state index in [9.17, 15) is 18.0 Å². The first-order chi connectivity index (χ1) is 11.4. The molecule has 1 aromatic heterocycles. The number of benzene rings is 1. The molecule has 2 rings (SSSR count). The van der Waals surface area contributed by atoms with E-state index in [1.807, 2.05) is 6.07 Å². The zero-order valence-electron chi connectivity index (χ0n) is 12.5. The highest BCUT2D eigenvalue weighted by molar-refractivity contribution is 5.99. The summed E-state index contributed by atoms with van der Waals surface area (Å²) in [5.41, 5.74) is 1.55. The maximum absolute atomic E-state index is 12.3. The number of amides is 1. The normalized spacial score (nSPS) is 12.5. The molecule has 0 fully saturated rings. The molecule has 0 radical (unpaired) electrons. The Kier molecular flexibility index (Phi) is 5.75. The third kappa shape index (κ3) is 4.95. The zero-order chi connectivity index (χ0) is 17.6. The molecule has 0 saturated heterocycles. The minimum Gasteiger partial charge on any atom is -0.382 e.